The van der Waals surface area contributed by atoms with Gasteiger partial charge in [0.05, 0.1) is 0 Å². The molecule has 8 nitrogen and oxygen atoms in total. The van der Waals surface area contributed by atoms with Crippen LogP contribution in [0.4, 0.5) is 4.79 Å². The summed E-state index contributed by atoms with van der Waals surface area (Å²) in [4.78, 5) is 54.8. The topological polar surface area (TPSA) is 81.2 Å². The highest BCUT2D eigenvalue weighted by molar-refractivity contribution is 6.01. The second-order valence-electron chi connectivity index (χ2n) is 8.59. The molecule has 3 rings (SSSR count). The summed E-state index contributed by atoms with van der Waals surface area (Å²) in [5, 5.41) is 0. The molecule has 0 unspecified atom stereocenters. The molecule has 0 aromatic rings. The molecule has 1 saturated carbocycles. The van der Waals surface area contributed by atoms with Gasteiger partial charge in [0.2, 0.25) is 17.7 Å². The first-order valence-electron chi connectivity index (χ1n) is 11.1. The number of rotatable bonds is 7. The van der Waals surface area contributed by atoms with Gasteiger partial charge in [-0.05, 0) is 18.8 Å². The smallest absolute Gasteiger partial charge is 0.326 e. The van der Waals surface area contributed by atoms with Crippen LogP contribution >= 0.6 is 0 Å². The molecule has 2 heterocycles. The molecule has 3 fully saturated rings. The first kappa shape index (κ1) is 21.6. The van der Waals surface area contributed by atoms with E-state index in [2.05, 4.69) is 0 Å². The van der Waals surface area contributed by atoms with Gasteiger partial charge in [0, 0.05) is 52.6 Å². The fourth-order valence-electron chi connectivity index (χ4n) is 4.60. The molecule has 0 atom stereocenters. The molecular formula is C21H34N4O4. The molecule has 5 amide bonds. The predicted molar refractivity (Wildman–Crippen MR) is 108 cm³/mol. The Labute approximate surface area is 173 Å². The van der Waals surface area contributed by atoms with Crippen molar-refractivity contribution < 1.29 is 19.2 Å². The first-order valence-corrected chi connectivity index (χ1v) is 11.1. The van der Waals surface area contributed by atoms with Gasteiger partial charge in [-0.1, -0.05) is 32.1 Å². The van der Waals surface area contributed by atoms with Crippen molar-refractivity contribution in [3.05, 3.63) is 0 Å². The molecule has 0 aromatic heterocycles. The number of likely N-dealkylation sites (N-methyl/N-ethyl adjacent to an activating group) is 1. The van der Waals surface area contributed by atoms with Gasteiger partial charge in [0.25, 0.3) is 0 Å². The Morgan fingerprint density at radius 1 is 0.897 bits per heavy atom. The Hall–Kier alpha value is -2.12. The van der Waals surface area contributed by atoms with Gasteiger partial charge >= 0.3 is 6.03 Å². The fourth-order valence-corrected chi connectivity index (χ4v) is 4.60. The van der Waals surface area contributed by atoms with E-state index in [1.165, 1.54) is 41.9 Å². The maximum Gasteiger partial charge on any atom is 0.326 e. The lowest BCUT2D eigenvalue weighted by Crippen LogP contribution is -2.50. The molecule has 0 aromatic carbocycles. The van der Waals surface area contributed by atoms with E-state index in [-0.39, 0.29) is 36.8 Å². The van der Waals surface area contributed by atoms with Gasteiger partial charge in [-0.3, -0.25) is 19.3 Å². The van der Waals surface area contributed by atoms with Crippen LogP contribution in [0.5, 0.6) is 0 Å². The van der Waals surface area contributed by atoms with Crippen molar-refractivity contribution in [2.45, 2.75) is 57.8 Å². The minimum atomic E-state index is -0.289. The Kier molecular flexibility index (Phi) is 7.50. The summed E-state index contributed by atoms with van der Waals surface area (Å²) >= 11 is 0. The van der Waals surface area contributed by atoms with Gasteiger partial charge in [-0.15, -0.1) is 0 Å². The van der Waals surface area contributed by atoms with Gasteiger partial charge in [0.15, 0.2) is 0 Å². The molecule has 2 aliphatic heterocycles. The molecule has 2 saturated heterocycles. The van der Waals surface area contributed by atoms with E-state index in [0.717, 1.165) is 6.42 Å². The summed E-state index contributed by atoms with van der Waals surface area (Å²) < 4.78 is 0. The van der Waals surface area contributed by atoms with E-state index >= 15 is 0 Å². The summed E-state index contributed by atoms with van der Waals surface area (Å²) in [6.45, 7) is 2.74. The standard InChI is InChI=1S/C21H34N4O4/c1-22-16-20(28)25(21(22)29)11-5-8-18(26)23-12-14-24(15-13-23)19(27)10-9-17-6-3-2-4-7-17/h17H,2-16H2,1H3. The van der Waals surface area contributed by atoms with Crippen LogP contribution in [0.2, 0.25) is 0 Å². The minimum Gasteiger partial charge on any atom is -0.339 e. The Balaban J connectivity index is 1.32. The molecule has 29 heavy (non-hydrogen) atoms. The number of imide groups is 1. The Bertz CT molecular complexity index is 624. The van der Waals surface area contributed by atoms with Crippen LogP contribution in [-0.4, -0.2) is 89.7 Å². The van der Waals surface area contributed by atoms with Crippen molar-refractivity contribution >= 4 is 23.8 Å². The molecule has 0 radical (unpaired) electrons. The maximum atomic E-state index is 12.5. The van der Waals surface area contributed by atoms with E-state index in [4.69, 9.17) is 0 Å². The number of hydrogen-bond acceptors (Lipinski definition) is 4. The van der Waals surface area contributed by atoms with Crippen LogP contribution in [0.1, 0.15) is 57.8 Å². The quantitative estimate of drug-likeness (QED) is 0.603. The number of amides is 5. The van der Waals surface area contributed by atoms with Crippen molar-refractivity contribution in [1.29, 1.82) is 0 Å². The van der Waals surface area contributed by atoms with E-state index in [1.54, 1.807) is 11.9 Å². The van der Waals surface area contributed by atoms with Crippen LogP contribution < -0.4 is 0 Å². The van der Waals surface area contributed by atoms with E-state index in [0.29, 0.717) is 51.4 Å². The third kappa shape index (κ3) is 5.70. The summed E-state index contributed by atoms with van der Waals surface area (Å²) in [6, 6.07) is -0.289. The molecule has 162 valence electrons. The highest BCUT2D eigenvalue weighted by Crippen LogP contribution is 2.27. The average Bonchev–Trinajstić information content (AvgIpc) is 2.98. The molecule has 3 aliphatic rings. The van der Waals surface area contributed by atoms with Crippen LogP contribution in [-0.2, 0) is 14.4 Å². The number of carbonyl (C=O) groups is 4. The zero-order valence-electron chi connectivity index (χ0n) is 17.6. The van der Waals surface area contributed by atoms with Crippen molar-refractivity contribution in [2.75, 3.05) is 46.3 Å². The molecule has 8 heteroatoms. The highest BCUT2D eigenvalue weighted by Gasteiger charge is 2.33. The second-order valence-corrected chi connectivity index (χ2v) is 8.59. The maximum absolute atomic E-state index is 12.5. The van der Waals surface area contributed by atoms with E-state index in [1.807, 2.05) is 4.90 Å². The van der Waals surface area contributed by atoms with E-state index in [9.17, 15) is 19.2 Å². The van der Waals surface area contributed by atoms with E-state index < -0.39 is 0 Å². The fraction of sp³-hybridized carbons (Fsp3) is 0.810. The Morgan fingerprint density at radius 2 is 1.48 bits per heavy atom. The predicted octanol–water partition coefficient (Wildman–Crippen LogP) is 1.69. The molecule has 0 spiro atoms. The van der Waals surface area contributed by atoms with Crippen molar-refractivity contribution in [3.63, 3.8) is 0 Å². The molecule has 1 aliphatic carbocycles. The third-order valence-electron chi connectivity index (χ3n) is 6.48. The summed E-state index contributed by atoms with van der Waals surface area (Å²) in [5.41, 5.74) is 0. The van der Waals surface area contributed by atoms with Crippen LogP contribution in [0.15, 0.2) is 0 Å². The van der Waals surface area contributed by atoms with Crippen LogP contribution in [0.25, 0.3) is 0 Å². The number of urea groups is 1. The van der Waals surface area contributed by atoms with Gasteiger partial charge in [0.1, 0.15) is 6.54 Å². The molecule has 0 bridgehead atoms. The van der Waals surface area contributed by atoms with Crippen molar-refractivity contribution in [2.24, 2.45) is 5.92 Å². The monoisotopic (exact) mass is 406 g/mol. The minimum absolute atomic E-state index is 0.0340. The van der Waals surface area contributed by atoms with Crippen LogP contribution in [0, 0.1) is 5.92 Å². The number of carbonyl (C=O) groups excluding carboxylic acids is 4. The summed E-state index contributed by atoms with van der Waals surface area (Å²) in [5.74, 6) is 0.764. The SMILES string of the molecule is CN1CC(=O)N(CCCC(=O)N2CCN(C(=O)CCC3CCCCC3)CC2)C1=O. The summed E-state index contributed by atoms with van der Waals surface area (Å²) in [7, 11) is 1.60. The molecular weight excluding hydrogens is 372 g/mol. The van der Waals surface area contributed by atoms with Crippen LogP contribution in [0.3, 0.4) is 0 Å². The third-order valence-corrected chi connectivity index (χ3v) is 6.48. The number of piperazine rings is 1. The Morgan fingerprint density at radius 3 is 2.03 bits per heavy atom. The lowest BCUT2D eigenvalue weighted by atomic mass is 9.86. The lowest BCUT2D eigenvalue weighted by molar-refractivity contribution is -0.139. The van der Waals surface area contributed by atoms with Gasteiger partial charge in [-0.2, -0.15) is 0 Å². The first-order chi connectivity index (χ1) is 14.0. The normalized spacial score (nSPS) is 21.3. The number of nitrogens with zero attached hydrogens (tertiary/aromatic N) is 4. The zero-order valence-corrected chi connectivity index (χ0v) is 17.6. The largest absolute Gasteiger partial charge is 0.339 e. The van der Waals surface area contributed by atoms with Gasteiger partial charge < -0.3 is 14.7 Å². The van der Waals surface area contributed by atoms with Crippen molar-refractivity contribution in [1.82, 2.24) is 19.6 Å². The van der Waals surface area contributed by atoms with Crippen molar-refractivity contribution in [3.8, 4) is 0 Å². The average molecular weight is 407 g/mol. The zero-order chi connectivity index (χ0) is 20.8. The molecule has 0 N–H and O–H groups in total. The highest BCUT2D eigenvalue weighted by atomic mass is 16.2. The number of hydrogen-bond donors (Lipinski definition) is 0. The lowest BCUT2D eigenvalue weighted by Gasteiger charge is -2.35. The second kappa shape index (κ2) is 10.1. The summed E-state index contributed by atoms with van der Waals surface area (Å²) in [6.07, 6.45) is 8.89. The van der Waals surface area contributed by atoms with Gasteiger partial charge in [-0.25, -0.2) is 4.79 Å².